The summed E-state index contributed by atoms with van der Waals surface area (Å²) >= 11 is 1.86. The fourth-order valence-corrected chi connectivity index (χ4v) is 2.31. The molecule has 0 aromatic rings. The van der Waals surface area contributed by atoms with E-state index in [4.69, 9.17) is 4.99 Å². The molecule has 0 bridgehead atoms. The Balaban J connectivity index is 2.49. The molecule has 15 heavy (non-hydrogen) atoms. The Morgan fingerprint density at radius 1 is 1.53 bits per heavy atom. The summed E-state index contributed by atoms with van der Waals surface area (Å²) in [5, 5.41) is 4.58. The Morgan fingerprint density at radius 3 is 2.73 bits per heavy atom. The molecule has 1 rings (SSSR count). The second kappa shape index (κ2) is 5.24. The molecule has 1 fully saturated rings. The molecule has 1 N–H and O–H groups in total. The molecule has 3 heteroatoms. The van der Waals surface area contributed by atoms with Crippen LogP contribution in [-0.2, 0) is 0 Å². The minimum atomic E-state index is 0.302. The smallest absolute Gasteiger partial charge is 0.156 e. The van der Waals surface area contributed by atoms with Gasteiger partial charge in [-0.1, -0.05) is 39.5 Å². The molecule has 0 amide bonds. The zero-order valence-electron chi connectivity index (χ0n) is 10.6. The second-order valence-electron chi connectivity index (χ2n) is 5.45. The van der Waals surface area contributed by atoms with Crippen LogP contribution in [0.15, 0.2) is 4.99 Å². The van der Waals surface area contributed by atoms with Gasteiger partial charge in [-0.15, -0.1) is 0 Å². The summed E-state index contributed by atoms with van der Waals surface area (Å²) in [5.74, 6) is 1.88. The van der Waals surface area contributed by atoms with Crippen LogP contribution in [0.5, 0.6) is 0 Å². The minimum Gasteiger partial charge on any atom is -0.362 e. The van der Waals surface area contributed by atoms with E-state index in [9.17, 15) is 0 Å². The van der Waals surface area contributed by atoms with Crippen molar-refractivity contribution >= 4 is 16.9 Å². The van der Waals surface area contributed by atoms with E-state index in [2.05, 4.69) is 39.9 Å². The lowest BCUT2D eigenvalue weighted by atomic mass is 9.81. The van der Waals surface area contributed by atoms with Gasteiger partial charge in [0.05, 0.1) is 0 Å². The monoisotopic (exact) mass is 228 g/mol. The van der Waals surface area contributed by atoms with E-state index in [0.29, 0.717) is 17.4 Å². The number of amidine groups is 1. The number of aliphatic imine (C=N–C) groups is 1. The maximum Gasteiger partial charge on any atom is 0.156 e. The molecule has 1 aliphatic heterocycles. The molecule has 2 nitrogen and oxygen atoms in total. The molecule has 0 spiro atoms. The van der Waals surface area contributed by atoms with Crippen molar-refractivity contribution in [1.82, 2.24) is 5.32 Å². The van der Waals surface area contributed by atoms with Crippen LogP contribution in [0, 0.1) is 11.3 Å². The highest BCUT2D eigenvalue weighted by Crippen LogP contribution is 2.26. The largest absolute Gasteiger partial charge is 0.362 e. The minimum absolute atomic E-state index is 0.302. The first-order valence-electron chi connectivity index (χ1n) is 5.85. The zero-order valence-corrected chi connectivity index (χ0v) is 11.4. The highest BCUT2D eigenvalue weighted by atomic mass is 32.2. The van der Waals surface area contributed by atoms with Gasteiger partial charge in [0.1, 0.15) is 0 Å². The van der Waals surface area contributed by atoms with E-state index in [1.807, 2.05) is 11.8 Å². The molecule has 1 unspecified atom stereocenters. The number of hydrogen-bond donors (Lipinski definition) is 1. The molecule has 0 aliphatic carbocycles. The number of nitrogens with one attached hydrogen (secondary N) is 1. The van der Waals surface area contributed by atoms with E-state index >= 15 is 0 Å². The lowest BCUT2D eigenvalue weighted by Gasteiger charge is -2.28. The van der Waals surface area contributed by atoms with Crippen molar-refractivity contribution in [2.24, 2.45) is 16.3 Å². The fraction of sp³-hybridized carbons (Fsp3) is 0.917. The van der Waals surface area contributed by atoms with E-state index in [1.54, 1.807) is 0 Å². The third-order valence-electron chi connectivity index (χ3n) is 3.35. The molecule has 0 aromatic carbocycles. The standard InChI is InChI=1S/C12H24N2S/c1-9(2)12(4,5)8-13-11-14-10(3)6-7-15-11/h9-10H,6-8H2,1-5H3,(H,13,14). The average molecular weight is 228 g/mol. The molecule has 1 saturated heterocycles. The summed E-state index contributed by atoms with van der Waals surface area (Å²) in [6.45, 7) is 12.3. The highest BCUT2D eigenvalue weighted by molar-refractivity contribution is 8.13. The first kappa shape index (κ1) is 12.9. The zero-order chi connectivity index (χ0) is 11.5. The number of rotatable bonds is 3. The van der Waals surface area contributed by atoms with Crippen molar-refractivity contribution in [3.8, 4) is 0 Å². The molecule has 1 aliphatic rings. The van der Waals surface area contributed by atoms with Crippen molar-refractivity contribution in [2.75, 3.05) is 12.3 Å². The van der Waals surface area contributed by atoms with Gasteiger partial charge in [0, 0.05) is 18.3 Å². The van der Waals surface area contributed by atoms with Gasteiger partial charge < -0.3 is 5.32 Å². The van der Waals surface area contributed by atoms with Crippen molar-refractivity contribution in [3.63, 3.8) is 0 Å². The highest BCUT2D eigenvalue weighted by Gasteiger charge is 2.22. The third kappa shape index (κ3) is 4.06. The molecule has 1 atom stereocenters. The number of hydrogen-bond acceptors (Lipinski definition) is 2. The van der Waals surface area contributed by atoms with Gasteiger partial charge >= 0.3 is 0 Å². The van der Waals surface area contributed by atoms with E-state index in [0.717, 1.165) is 11.7 Å². The SMILES string of the molecule is CC1CCSC(=NCC(C)(C)C(C)C)N1. The summed E-state index contributed by atoms with van der Waals surface area (Å²) in [5.41, 5.74) is 0.302. The summed E-state index contributed by atoms with van der Waals surface area (Å²) in [7, 11) is 0. The maximum atomic E-state index is 4.70. The average Bonchev–Trinajstić information content (AvgIpc) is 2.15. The molecule has 0 radical (unpaired) electrons. The Hall–Kier alpha value is -0.180. The van der Waals surface area contributed by atoms with E-state index in [1.165, 1.54) is 12.2 Å². The van der Waals surface area contributed by atoms with Crippen LogP contribution in [0.2, 0.25) is 0 Å². The van der Waals surface area contributed by atoms with Gasteiger partial charge in [-0.2, -0.15) is 0 Å². The van der Waals surface area contributed by atoms with Crippen molar-refractivity contribution in [3.05, 3.63) is 0 Å². The van der Waals surface area contributed by atoms with Crippen molar-refractivity contribution < 1.29 is 0 Å². The van der Waals surface area contributed by atoms with E-state index < -0.39 is 0 Å². The normalized spacial score (nSPS) is 25.7. The fourth-order valence-electron chi connectivity index (χ4n) is 1.21. The summed E-state index contributed by atoms with van der Waals surface area (Å²) in [4.78, 5) is 4.70. The predicted octanol–water partition coefficient (Wildman–Crippen LogP) is 3.14. The third-order valence-corrected chi connectivity index (χ3v) is 4.31. The lowest BCUT2D eigenvalue weighted by molar-refractivity contribution is 0.262. The van der Waals surface area contributed by atoms with Gasteiger partial charge in [0.2, 0.25) is 0 Å². The van der Waals surface area contributed by atoms with Crippen LogP contribution in [0.3, 0.4) is 0 Å². The van der Waals surface area contributed by atoms with E-state index in [-0.39, 0.29) is 0 Å². The molecule has 0 aromatic heterocycles. The van der Waals surface area contributed by atoms with Gasteiger partial charge in [0.25, 0.3) is 0 Å². The summed E-state index contributed by atoms with van der Waals surface area (Å²) in [6.07, 6.45) is 1.25. The number of thioether (sulfide) groups is 1. The van der Waals surface area contributed by atoms with Gasteiger partial charge in [-0.25, -0.2) is 0 Å². The first-order valence-corrected chi connectivity index (χ1v) is 6.84. The van der Waals surface area contributed by atoms with Crippen LogP contribution in [0.1, 0.15) is 41.0 Å². The van der Waals surface area contributed by atoms with Crippen LogP contribution in [-0.4, -0.2) is 23.5 Å². The first-order chi connectivity index (χ1) is 6.92. The van der Waals surface area contributed by atoms with Gasteiger partial charge in [0.15, 0.2) is 5.17 Å². The molecule has 1 heterocycles. The van der Waals surface area contributed by atoms with Crippen LogP contribution in [0.4, 0.5) is 0 Å². The van der Waals surface area contributed by atoms with Crippen molar-refractivity contribution in [2.45, 2.75) is 47.1 Å². The molecule has 88 valence electrons. The Kier molecular flexibility index (Phi) is 4.50. The van der Waals surface area contributed by atoms with Crippen molar-refractivity contribution in [1.29, 1.82) is 0 Å². The van der Waals surface area contributed by atoms with Gasteiger partial charge in [-0.05, 0) is 24.7 Å². The van der Waals surface area contributed by atoms with Crippen LogP contribution >= 0.6 is 11.8 Å². The quantitative estimate of drug-likeness (QED) is 0.802. The van der Waals surface area contributed by atoms with Crippen LogP contribution < -0.4 is 5.32 Å². The summed E-state index contributed by atoms with van der Waals surface area (Å²) < 4.78 is 0. The molecule has 0 saturated carbocycles. The van der Waals surface area contributed by atoms with Crippen LogP contribution in [0.25, 0.3) is 0 Å². The molecular weight excluding hydrogens is 204 g/mol. The number of nitrogens with zero attached hydrogens (tertiary/aromatic N) is 1. The Morgan fingerprint density at radius 2 is 2.20 bits per heavy atom. The molecular formula is C12H24N2S. The summed E-state index contributed by atoms with van der Waals surface area (Å²) in [6, 6.07) is 0.590. The predicted molar refractivity (Wildman–Crippen MR) is 70.6 cm³/mol. The Bertz CT molecular complexity index is 234. The topological polar surface area (TPSA) is 24.4 Å². The Labute approximate surface area is 98.3 Å². The maximum absolute atomic E-state index is 4.70. The second-order valence-corrected chi connectivity index (χ2v) is 6.53. The van der Waals surface area contributed by atoms with Gasteiger partial charge in [-0.3, -0.25) is 4.99 Å². The lowest BCUT2D eigenvalue weighted by Crippen LogP contribution is -2.36.